The molecular weight excluding hydrogens is 411 g/mol. The quantitative estimate of drug-likeness (QED) is 0.410. The lowest BCUT2D eigenvalue weighted by Gasteiger charge is -2.12. The number of nitrogens with zero attached hydrogens (tertiary/aromatic N) is 3. The van der Waals surface area contributed by atoms with Crippen LogP contribution in [-0.2, 0) is 4.79 Å². The van der Waals surface area contributed by atoms with Gasteiger partial charge in [-0.1, -0.05) is 0 Å². The van der Waals surface area contributed by atoms with Gasteiger partial charge in [-0.2, -0.15) is 5.10 Å². The van der Waals surface area contributed by atoms with Gasteiger partial charge < -0.3 is 15.4 Å². The average Bonchev–Trinajstić information content (AvgIpc) is 3.47. The van der Waals surface area contributed by atoms with E-state index in [2.05, 4.69) is 30.8 Å². The van der Waals surface area contributed by atoms with Crippen LogP contribution in [0.15, 0.2) is 48.8 Å². The zero-order chi connectivity index (χ0) is 22.1. The number of H-pyrrole nitrogens is 1. The number of aromatic amines is 1. The van der Waals surface area contributed by atoms with Gasteiger partial charge in [0.1, 0.15) is 5.82 Å². The zero-order valence-electron chi connectivity index (χ0n) is 17.4. The maximum Gasteiger partial charge on any atom is 0.258 e. The summed E-state index contributed by atoms with van der Waals surface area (Å²) in [5.74, 6) is 0.220. The largest absolute Gasteiger partial charge is 0.481 e. The molecule has 5 rings (SSSR count). The molecule has 2 aromatic carbocycles. The molecule has 0 bridgehead atoms. The fraction of sp³-hybridized carbons (Fsp3) is 0.217. The minimum atomic E-state index is -0.549. The molecule has 0 radical (unpaired) electrons. The molecule has 9 heteroatoms. The number of hydrogen-bond acceptors (Lipinski definition) is 6. The Morgan fingerprint density at radius 3 is 2.94 bits per heavy atom. The van der Waals surface area contributed by atoms with Crippen molar-refractivity contribution in [1.29, 1.82) is 0 Å². The van der Waals surface area contributed by atoms with Crippen LogP contribution in [0.25, 0.3) is 22.3 Å². The molecule has 4 aromatic rings. The van der Waals surface area contributed by atoms with E-state index >= 15 is 0 Å². The molecule has 0 unspecified atom stereocenters. The SMILES string of the molecule is Cc1cnc(-c2ccc(F)c(OCC(=O)NC3CC3)c2)nc1Nc1ccc2[nH]ncc2c1. The first-order valence-corrected chi connectivity index (χ1v) is 10.3. The third-order valence-corrected chi connectivity index (χ3v) is 5.17. The lowest BCUT2D eigenvalue weighted by Crippen LogP contribution is -2.30. The summed E-state index contributed by atoms with van der Waals surface area (Å²) in [7, 11) is 0. The monoisotopic (exact) mass is 432 g/mol. The van der Waals surface area contributed by atoms with Crippen molar-refractivity contribution in [2.75, 3.05) is 11.9 Å². The van der Waals surface area contributed by atoms with Crippen LogP contribution in [0, 0.1) is 12.7 Å². The molecule has 0 atom stereocenters. The molecule has 32 heavy (non-hydrogen) atoms. The number of aryl methyl sites for hydroxylation is 1. The maximum atomic E-state index is 14.2. The summed E-state index contributed by atoms with van der Waals surface area (Å²) in [6, 6.07) is 10.4. The fourth-order valence-corrected chi connectivity index (χ4v) is 3.26. The van der Waals surface area contributed by atoms with Gasteiger partial charge >= 0.3 is 0 Å². The Bertz CT molecular complexity index is 1300. The Balaban J connectivity index is 1.36. The number of anilines is 2. The summed E-state index contributed by atoms with van der Waals surface area (Å²) < 4.78 is 19.6. The number of halogens is 1. The minimum absolute atomic E-state index is 0.0162. The van der Waals surface area contributed by atoms with Crippen molar-refractivity contribution in [1.82, 2.24) is 25.5 Å². The van der Waals surface area contributed by atoms with E-state index in [0.29, 0.717) is 17.2 Å². The van der Waals surface area contributed by atoms with Crippen molar-refractivity contribution in [2.45, 2.75) is 25.8 Å². The van der Waals surface area contributed by atoms with Gasteiger partial charge in [0, 0.05) is 34.4 Å². The highest BCUT2D eigenvalue weighted by molar-refractivity contribution is 5.83. The fourth-order valence-electron chi connectivity index (χ4n) is 3.26. The molecule has 2 aromatic heterocycles. The standard InChI is InChI=1S/C23H21FN6O2/c1-13-10-25-23(29-22(13)28-17-5-7-19-15(8-17)11-26-30-19)14-2-6-18(24)20(9-14)32-12-21(31)27-16-3-4-16/h2,5-11,16H,3-4,12H2,1H3,(H,26,30)(H,27,31)(H,25,28,29). The normalized spacial score (nSPS) is 13.2. The highest BCUT2D eigenvalue weighted by atomic mass is 19.1. The Hall–Kier alpha value is -4.01. The first-order chi connectivity index (χ1) is 15.5. The van der Waals surface area contributed by atoms with E-state index in [1.165, 1.54) is 12.1 Å². The Kier molecular flexibility index (Phi) is 5.14. The Morgan fingerprint density at radius 1 is 1.22 bits per heavy atom. The van der Waals surface area contributed by atoms with Crippen molar-refractivity contribution in [2.24, 2.45) is 0 Å². The molecule has 1 aliphatic carbocycles. The van der Waals surface area contributed by atoms with Crippen molar-refractivity contribution < 1.29 is 13.9 Å². The molecule has 1 amide bonds. The maximum absolute atomic E-state index is 14.2. The highest BCUT2D eigenvalue weighted by Gasteiger charge is 2.23. The second-order valence-corrected chi connectivity index (χ2v) is 7.80. The van der Waals surface area contributed by atoms with Gasteiger partial charge in [0.15, 0.2) is 24.0 Å². The molecule has 0 saturated heterocycles. The van der Waals surface area contributed by atoms with Gasteiger partial charge in [-0.05, 0) is 56.2 Å². The number of aromatic nitrogens is 4. The molecule has 3 N–H and O–H groups in total. The van der Waals surface area contributed by atoms with Gasteiger partial charge in [0.25, 0.3) is 5.91 Å². The molecule has 1 saturated carbocycles. The van der Waals surface area contributed by atoms with E-state index in [4.69, 9.17) is 4.74 Å². The first kappa shape index (κ1) is 19.9. The number of fused-ring (bicyclic) bond motifs is 1. The summed E-state index contributed by atoms with van der Waals surface area (Å²) in [5, 5.41) is 14.0. The van der Waals surface area contributed by atoms with E-state index in [9.17, 15) is 9.18 Å². The zero-order valence-corrected chi connectivity index (χ0v) is 17.4. The van der Waals surface area contributed by atoms with Crippen LogP contribution in [0.3, 0.4) is 0 Å². The number of ether oxygens (including phenoxy) is 1. The van der Waals surface area contributed by atoms with Gasteiger partial charge in [0.05, 0.1) is 11.7 Å². The van der Waals surface area contributed by atoms with Crippen LogP contribution >= 0.6 is 0 Å². The van der Waals surface area contributed by atoms with E-state index in [1.54, 1.807) is 18.5 Å². The molecule has 8 nitrogen and oxygen atoms in total. The first-order valence-electron chi connectivity index (χ1n) is 10.3. The molecule has 2 heterocycles. The van der Waals surface area contributed by atoms with Crippen LogP contribution < -0.4 is 15.4 Å². The average molecular weight is 432 g/mol. The number of carbonyl (C=O) groups excluding carboxylic acids is 1. The van der Waals surface area contributed by atoms with Crippen molar-refractivity contribution in [3.05, 3.63) is 60.2 Å². The predicted molar refractivity (Wildman–Crippen MR) is 118 cm³/mol. The predicted octanol–water partition coefficient (Wildman–Crippen LogP) is 3.87. The van der Waals surface area contributed by atoms with Gasteiger partial charge in [-0.25, -0.2) is 14.4 Å². The molecule has 0 spiro atoms. The van der Waals surface area contributed by atoms with Gasteiger partial charge in [0.2, 0.25) is 0 Å². The molecule has 1 fully saturated rings. The second kappa shape index (κ2) is 8.26. The number of carbonyl (C=O) groups is 1. The summed E-state index contributed by atoms with van der Waals surface area (Å²) in [6.45, 7) is 1.66. The van der Waals surface area contributed by atoms with Crippen molar-refractivity contribution >= 4 is 28.3 Å². The van der Waals surface area contributed by atoms with Crippen LogP contribution in [0.1, 0.15) is 18.4 Å². The number of benzene rings is 2. The molecule has 0 aliphatic heterocycles. The molecule has 1 aliphatic rings. The van der Waals surface area contributed by atoms with Crippen LogP contribution in [0.5, 0.6) is 5.75 Å². The highest BCUT2D eigenvalue weighted by Crippen LogP contribution is 2.27. The number of nitrogens with one attached hydrogen (secondary N) is 3. The van der Waals surface area contributed by atoms with Crippen LogP contribution in [-0.4, -0.2) is 38.7 Å². The lowest BCUT2D eigenvalue weighted by molar-refractivity contribution is -0.123. The van der Waals surface area contributed by atoms with E-state index in [-0.39, 0.29) is 24.3 Å². The van der Waals surface area contributed by atoms with E-state index in [1.807, 2.05) is 25.1 Å². The van der Waals surface area contributed by atoms with Crippen molar-refractivity contribution in [3.63, 3.8) is 0 Å². The smallest absolute Gasteiger partial charge is 0.258 e. The Morgan fingerprint density at radius 2 is 2.09 bits per heavy atom. The summed E-state index contributed by atoms with van der Waals surface area (Å²) in [5.41, 5.74) is 3.24. The second-order valence-electron chi connectivity index (χ2n) is 7.80. The topological polar surface area (TPSA) is 105 Å². The summed E-state index contributed by atoms with van der Waals surface area (Å²) >= 11 is 0. The van der Waals surface area contributed by atoms with Gasteiger partial charge in [-0.15, -0.1) is 0 Å². The van der Waals surface area contributed by atoms with Crippen LogP contribution in [0.2, 0.25) is 0 Å². The number of amides is 1. The molecular formula is C23H21FN6O2. The Labute approximate surface area is 183 Å². The summed E-state index contributed by atoms with van der Waals surface area (Å²) in [4.78, 5) is 20.9. The third-order valence-electron chi connectivity index (χ3n) is 5.17. The summed E-state index contributed by atoms with van der Waals surface area (Å²) in [6.07, 6.45) is 5.41. The number of hydrogen-bond donors (Lipinski definition) is 3. The molecule has 162 valence electrons. The van der Waals surface area contributed by atoms with Crippen molar-refractivity contribution in [3.8, 4) is 17.1 Å². The van der Waals surface area contributed by atoms with Crippen LogP contribution in [0.4, 0.5) is 15.9 Å². The minimum Gasteiger partial charge on any atom is -0.481 e. The third kappa shape index (κ3) is 4.36. The lowest BCUT2D eigenvalue weighted by atomic mass is 10.2. The van der Waals surface area contributed by atoms with E-state index in [0.717, 1.165) is 35.0 Å². The number of rotatable bonds is 7. The van der Waals surface area contributed by atoms with Gasteiger partial charge in [-0.3, -0.25) is 9.89 Å². The van der Waals surface area contributed by atoms with E-state index < -0.39 is 5.82 Å².